The predicted molar refractivity (Wildman–Crippen MR) is 151 cm³/mol. The minimum atomic E-state index is -1.23. The highest BCUT2D eigenvalue weighted by atomic mass is 79.9. The van der Waals surface area contributed by atoms with Crippen molar-refractivity contribution in [2.75, 3.05) is 0 Å². The van der Waals surface area contributed by atoms with Gasteiger partial charge in [-0.1, -0.05) is 51.1 Å². The lowest BCUT2D eigenvalue weighted by atomic mass is 10.3. The molecule has 0 aliphatic heterocycles. The molecule has 0 unspecified atom stereocenters. The van der Waals surface area contributed by atoms with E-state index in [0.29, 0.717) is 0 Å². The number of rotatable bonds is 0. The third-order valence-electron chi connectivity index (χ3n) is 3.13. The fourth-order valence-corrected chi connectivity index (χ4v) is 2.28. The number of pyridine rings is 3. The first-order valence-electron chi connectivity index (χ1n) is 10.3. The Bertz CT molecular complexity index is 1050. The molecule has 0 aliphatic carbocycles. The van der Waals surface area contributed by atoms with E-state index in [0.717, 1.165) is 15.6 Å². The van der Waals surface area contributed by atoms with Gasteiger partial charge in [0.2, 0.25) is 0 Å². The van der Waals surface area contributed by atoms with Crippen LogP contribution in [0, 0.1) is 35.8 Å². The van der Waals surface area contributed by atoms with Gasteiger partial charge in [-0.25, -0.2) is 0 Å². The van der Waals surface area contributed by atoms with Gasteiger partial charge >= 0.3 is 0 Å². The van der Waals surface area contributed by atoms with E-state index in [1.165, 1.54) is 0 Å². The van der Waals surface area contributed by atoms with Crippen molar-refractivity contribution in [2.45, 2.75) is 39.3 Å². The molecule has 0 saturated carbocycles. The van der Waals surface area contributed by atoms with E-state index in [2.05, 4.69) is 93.1 Å². The third kappa shape index (κ3) is 20.7. The van der Waals surface area contributed by atoms with Gasteiger partial charge in [0, 0.05) is 52.8 Å². The lowest BCUT2D eigenvalue weighted by Crippen LogP contribution is -2.16. The Morgan fingerprint density at radius 3 is 1.39 bits per heavy atom. The fraction of sp³-hybridized carbons (Fsp3) is 0.222. The molecule has 3 nitrogen and oxygen atoms in total. The van der Waals surface area contributed by atoms with Crippen LogP contribution in [-0.4, -0.2) is 31.1 Å². The Morgan fingerprint density at radius 2 is 1.15 bits per heavy atom. The molecule has 3 aromatic heterocycles. The second kappa shape index (κ2) is 16.6. The molecular formula is C27H32BrN3Si2. The molecule has 6 heteroatoms. The van der Waals surface area contributed by atoms with Gasteiger partial charge in [0.05, 0.1) is 0 Å². The Kier molecular flexibility index (Phi) is 15.2. The number of hydrogen-bond donors (Lipinski definition) is 0. The smallest absolute Gasteiger partial charge is 0.129 e. The summed E-state index contributed by atoms with van der Waals surface area (Å²) in [6.45, 7) is 13.1. The SMILES string of the molecule is Brc1cccnc1.C#C[Si](C)(C)C.C#Cc1cccnc1.C[Si](C)(C)C#Cc1cccnc1. The van der Waals surface area contributed by atoms with Crippen LogP contribution < -0.4 is 0 Å². The van der Waals surface area contributed by atoms with Crippen molar-refractivity contribution in [2.24, 2.45) is 0 Å². The van der Waals surface area contributed by atoms with Crippen molar-refractivity contribution in [3.63, 3.8) is 0 Å². The number of aromatic nitrogens is 3. The molecule has 0 atom stereocenters. The van der Waals surface area contributed by atoms with Crippen molar-refractivity contribution in [3.8, 4) is 35.8 Å². The van der Waals surface area contributed by atoms with Crippen LogP contribution in [0.4, 0.5) is 0 Å². The van der Waals surface area contributed by atoms with E-state index in [1.807, 2.05) is 36.4 Å². The number of terminal acetylenes is 2. The minimum absolute atomic E-state index is 0.826. The summed E-state index contributed by atoms with van der Waals surface area (Å²) in [4.78, 5) is 11.6. The van der Waals surface area contributed by atoms with Crippen LogP contribution >= 0.6 is 15.9 Å². The standard InChI is InChI=1S/C10H13NSi.C7H5N.C5H4BrN.C5H10Si/c1-12(2,3)8-6-10-5-4-7-11-9-10;1-2-7-4-3-5-8-6-7;6-5-2-1-3-7-4-5;1-5-6(2,3)4/h4-5,7,9H,1-3H3;1,3-6H;1-4H;1H,2-4H3. The van der Waals surface area contributed by atoms with Crippen LogP contribution in [0.15, 0.2) is 78.1 Å². The van der Waals surface area contributed by atoms with Crippen molar-refractivity contribution >= 4 is 32.1 Å². The first-order valence-corrected chi connectivity index (χ1v) is 18.1. The van der Waals surface area contributed by atoms with Crippen LogP contribution in [0.1, 0.15) is 11.1 Å². The molecule has 0 amide bonds. The summed E-state index contributed by atoms with van der Waals surface area (Å²) in [6, 6.07) is 11.4. The maximum atomic E-state index is 5.12. The van der Waals surface area contributed by atoms with Crippen molar-refractivity contribution < 1.29 is 0 Å². The lowest BCUT2D eigenvalue weighted by Gasteiger charge is -2.02. The topological polar surface area (TPSA) is 38.7 Å². The molecule has 0 aromatic carbocycles. The summed E-state index contributed by atoms with van der Waals surface area (Å²) < 4.78 is 1.02. The number of nitrogens with zero attached hydrogens (tertiary/aromatic N) is 3. The summed E-state index contributed by atoms with van der Waals surface area (Å²) in [5.41, 5.74) is 7.87. The van der Waals surface area contributed by atoms with Gasteiger partial charge < -0.3 is 0 Å². The van der Waals surface area contributed by atoms with Gasteiger partial charge in [0.15, 0.2) is 0 Å². The second-order valence-electron chi connectivity index (χ2n) is 8.69. The van der Waals surface area contributed by atoms with Crippen molar-refractivity contribution in [1.82, 2.24) is 15.0 Å². The molecule has 0 fully saturated rings. The van der Waals surface area contributed by atoms with Gasteiger partial charge in [-0.15, -0.1) is 23.9 Å². The maximum Gasteiger partial charge on any atom is 0.129 e. The zero-order valence-corrected chi connectivity index (χ0v) is 23.9. The Hall–Kier alpha value is -2.96. The molecule has 0 bridgehead atoms. The van der Waals surface area contributed by atoms with Crippen molar-refractivity contribution in [1.29, 1.82) is 0 Å². The van der Waals surface area contributed by atoms with E-state index in [1.54, 1.807) is 37.2 Å². The largest absolute Gasteiger partial charge is 0.264 e. The lowest BCUT2D eigenvalue weighted by molar-refractivity contribution is 1.31. The van der Waals surface area contributed by atoms with Crippen LogP contribution in [-0.2, 0) is 0 Å². The Morgan fingerprint density at radius 1 is 0.697 bits per heavy atom. The van der Waals surface area contributed by atoms with E-state index in [-0.39, 0.29) is 0 Å². The number of halogens is 1. The van der Waals surface area contributed by atoms with Gasteiger partial charge in [-0.2, -0.15) is 0 Å². The van der Waals surface area contributed by atoms with E-state index in [4.69, 9.17) is 12.8 Å². The predicted octanol–water partition coefficient (Wildman–Crippen LogP) is 6.71. The molecule has 170 valence electrons. The summed E-state index contributed by atoms with van der Waals surface area (Å²) in [5.74, 6) is 5.60. The van der Waals surface area contributed by atoms with Gasteiger partial charge in [0.25, 0.3) is 0 Å². The zero-order chi connectivity index (χ0) is 25.2. The minimum Gasteiger partial charge on any atom is -0.264 e. The molecule has 0 radical (unpaired) electrons. The quantitative estimate of drug-likeness (QED) is 0.238. The van der Waals surface area contributed by atoms with E-state index >= 15 is 0 Å². The molecular weight excluding hydrogens is 502 g/mol. The highest BCUT2D eigenvalue weighted by Gasteiger charge is 2.07. The monoisotopic (exact) mass is 533 g/mol. The van der Waals surface area contributed by atoms with Gasteiger partial charge in [-0.05, 0) is 52.3 Å². The summed E-state index contributed by atoms with van der Waals surface area (Å²) in [5, 5.41) is 0. The molecule has 3 rings (SSSR count). The summed E-state index contributed by atoms with van der Waals surface area (Å²) in [6.07, 6.45) is 20.6. The van der Waals surface area contributed by atoms with Crippen LogP contribution in [0.5, 0.6) is 0 Å². The second-order valence-corrected chi connectivity index (χ2v) is 19.1. The van der Waals surface area contributed by atoms with Gasteiger partial charge in [0.1, 0.15) is 16.1 Å². The third-order valence-corrected chi connectivity index (χ3v) is 5.34. The molecule has 33 heavy (non-hydrogen) atoms. The fourth-order valence-electron chi connectivity index (χ4n) is 1.49. The zero-order valence-electron chi connectivity index (χ0n) is 20.3. The van der Waals surface area contributed by atoms with E-state index in [9.17, 15) is 0 Å². The van der Waals surface area contributed by atoms with E-state index < -0.39 is 16.1 Å². The Labute approximate surface area is 210 Å². The molecule has 0 saturated heterocycles. The van der Waals surface area contributed by atoms with Gasteiger partial charge in [-0.3, -0.25) is 15.0 Å². The average Bonchev–Trinajstić information content (AvgIpc) is 2.80. The highest BCUT2D eigenvalue weighted by Crippen LogP contribution is 2.03. The van der Waals surface area contributed by atoms with Crippen LogP contribution in [0.2, 0.25) is 39.3 Å². The molecule has 3 aromatic rings. The molecule has 3 heterocycles. The first kappa shape index (κ1) is 30.0. The molecule has 0 spiro atoms. The average molecular weight is 535 g/mol. The van der Waals surface area contributed by atoms with Crippen LogP contribution in [0.3, 0.4) is 0 Å². The summed E-state index contributed by atoms with van der Waals surface area (Å²) in [7, 11) is -2.33. The summed E-state index contributed by atoms with van der Waals surface area (Å²) >= 11 is 3.25. The number of hydrogen-bond acceptors (Lipinski definition) is 3. The highest BCUT2D eigenvalue weighted by molar-refractivity contribution is 9.10. The molecule has 0 N–H and O–H groups in total. The molecule has 0 aliphatic rings. The first-order chi connectivity index (χ1) is 15.5. The Balaban J connectivity index is 0.000000431. The van der Waals surface area contributed by atoms with Crippen molar-refractivity contribution in [3.05, 3.63) is 89.2 Å². The maximum absolute atomic E-state index is 5.12. The van der Waals surface area contributed by atoms with Crippen LogP contribution in [0.25, 0.3) is 0 Å². The normalized spacial score (nSPS) is 9.36.